The Hall–Kier alpha value is -3.39. The molecule has 2 unspecified atom stereocenters. The van der Waals surface area contributed by atoms with Gasteiger partial charge in [-0.15, -0.1) is 0 Å². The van der Waals surface area contributed by atoms with Gasteiger partial charge in [-0.3, -0.25) is 0 Å². The van der Waals surface area contributed by atoms with E-state index in [1.165, 1.54) is 16.3 Å². The fourth-order valence-electron chi connectivity index (χ4n) is 5.52. The van der Waals surface area contributed by atoms with Crippen molar-refractivity contribution >= 4 is 27.2 Å². The van der Waals surface area contributed by atoms with Gasteiger partial charge in [0.15, 0.2) is 0 Å². The van der Waals surface area contributed by atoms with E-state index in [1.54, 1.807) is 12.1 Å². The minimum atomic E-state index is -0.179. The van der Waals surface area contributed by atoms with Crippen LogP contribution in [-0.2, 0) is 6.54 Å². The summed E-state index contributed by atoms with van der Waals surface area (Å²) in [6.07, 6.45) is 9.92. The highest BCUT2D eigenvalue weighted by molar-refractivity contribution is 6.16. The highest BCUT2D eigenvalue weighted by atomic mass is 19.1. The molecule has 0 bridgehead atoms. The third kappa shape index (κ3) is 3.36. The zero-order valence-electron chi connectivity index (χ0n) is 19.0. The molecule has 164 valence electrons. The molecule has 0 aliphatic heterocycles. The summed E-state index contributed by atoms with van der Waals surface area (Å²) < 4.78 is 17.8. The van der Waals surface area contributed by atoms with Crippen LogP contribution in [0.5, 0.6) is 0 Å². The number of aromatic nitrogens is 1. The van der Waals surface area contributed by atoms with Crippen LogP contribution in [0.25, 0.3) is 38.4 Å². The molecule has 0 amide bonds. The van der Waals surface area contributed by atoms with Crippen LogP contribution in [0, 0.1) is 17.7 Å². The largest absolute Gasteiger partial charge is 0.336 e. The quantitative estimate of drug-likeness (QED) is 0.297. The molecule has 0 saturated heterocycles. The van der Waals surface area contributed by atoms with Crippen molar-refractivity contribution in [2.24, 2.45) is 11.8 Å². The van der Waals surface area contributed by atoms with Crippen molar-refractivity contribution in [3.8, 4) is 11.1 Å². The second kappa shape index (κ2) is 7.88. The predicted molar refractivity (Wildman–Crippen MR) is 138 cm³/mol. The van der Waals surface area contributed by atoms with Gasteiger partial charge in [0, 0.05) is 23.1 Å². The molecule has 6 rings (SSSR count). The fraction of sp³-hybridized carbons (Fsp3) is 0.226. The predicted octanol–water partition coefficient (Wildman–Crippen LogP) is 8.55. The summed E-state index contributed by atoms with van der Waals surface area (Å²) in [5.74, 6) is 0.915. The van der Waals surface area contributed by atoms with Gasteiger partial charge in [-0.25, -0.2) is 4.39 Å². The van der Waals surface area contributed by atoms with Crippen LogP contribution in [0.3, 0.4) is 0 Å². The second-order valence-electron chi connectivity index (χ2n) is 9.61. The van der Waals surface area contributed by atoms with Crippen LogP contribution in [-0.4, -0.2) is 4.57 Å². The average molecular weight is 434 g/mol. The molecule has 2 atom stereocenters. The first-order valence-corrected chi connectivity index (χ1v) is 12.0. The summed E-state index contributed by atoms with van der Waals surface area (Å²) >= 11 is 0. The number of hydrogen-bond donors (Lipinski definition) is 0. The van der Waals surface area contributed by atoms with Crippen molar-refractivity contribution in [1.82, 2.24) is 4.57 Å². The van der Waals surface area contributed by atoms with Gasteiger partial charge in [-0.1, -0.05) is 85.8 Å². The van der Waals surface area contributed by atoms with Crippen molar-refractivity contribution in [2.45, 2.75) is 32.7 Å². The number of allylic oxidation sites excluding steroid dienone is 5. The first-order chi connectivity index (χ1) is 16.1. The normalized spacial score (nSPS) is 19.8. The highest BCUT2D eigenvalue weighted by Crippen LogP contribution is 2.51. The van der Waals surface area contributed by atoms with Crippen LogP contribution in [0.2, 0.25) is 0 Å². The molecule has 1 nitrogen and oxygen atoms in total. The molecule has 0 radical (unpaired) electrons. The topological polar surface area (TPSA) is 4.93 Å². The monoisotopic (exact) mass is 433 g/mol. The molecule has 1 heterocycles. The molecule has 4 aromatic rings. The number of benzene rings is 3. The summed E-state index contributed by atoms with van der Waals surface area (Å²) in [6.45, 7) is 7.70. The van der Waals surface area contributed by atoms with Gasteiger partial charge in [-0.2, -0.15) is 0 Å². The van der Waals surface area contributed by atoms with E-state index in [0.29, 0.717) is 17.4 Å². The molecule has 2 heteroatoms. The number of nitrogens with zero attached hydrogens (tertiary/aromatic N) is 1. The zero-order valence-corrected chi connectivity index (χ0v) is 19.0. The molecule has 1 saturated carbocycles. The van der Waals surface area contributed by atoms with Crippen LogP contribution in [0.1, 0.15) is 31.9 Å². The smallest absolute Gasteiger partial charge is 0.131 e. The minimum absolute atomic E-state index is 0.179. The van der Waals surface area contributed by atoms with Crippen molar-refractivity contribution in [1.29, 1.82) is 0 Å². The number of hydrogen-bond acceptors (Lipinski definition) is 0. The molecule has 33 heavy (non-hydrogen) atoms. The Bertz CT molecular complexity index is 1470. The van der Waals surface area contributed by atoms with E-state index in [4.69, 9.17) is 0 Å². The highest BCUT2D eigenvalue weighted by Gasteiger charge is 2.38. The van der Waals surface area contributed by atoms with E-state index in [9.17, 15) is 0 Å². The van der Waals surface area contributed by atoms with Gasteiger partial charge in [0.2, 0.25) is 0 Å². The van der Waals surface area contributed by atoms with E-state index in [-0.39, 0.29) is 5.82 Å². The lowest BCUT2D eigenvalue weighted by Gasteiger charge is -2.17. The maximum absolute atomic E-state index is 15.3. The first-order valence-electron chi connectivity index (χ1n) is 12.0. The second-order valence-corrected chi connectivity index (χ2v) is 9.61. The van der Waals surface area contributed by atoms with Gasteiger partial charge in [0.1, 0.15) is 5.82 Å². The zero-order chi connectivity index (χ0) is 22.5. The maximum atomic E-state index is 15.3. The van der Waals surface area contributed by atoms with Gasteiger partial charge in [-0.05, 0) is 59.6 Å². The average Bonchev–Trinajstić information content (AvgIpc) is 3.49. The van der Waals surface area contributed by atoms with E-state index in [0.717, 1.165) is 53.5 Å². The Kier molecular flexibility index (Phi) is 4.83. The van der Waals surface area contributed by atoms with Gasteiger partial charge in [0.25, 0.3) is 0 Å². The van der Waals surface area contributed by atoms with E-state index in [2.05, 4.69) is 72.7 Å². The summed E-state index contributed by atoms with van der Waals surface area (Å²) in [6, 6.07) is 20.1. The van der Waals surface area contributed by atoms with Crippen LogP contribution in [0.4, 0.5) is 4.39 Å². The minimum Gasteiger partial charge on any atom is -0.336 e. The van der Waals surface area contributed by atoms with Crippen LogP contribution in [0.15, 0.2) is 91.0 Å². The molecule has 2 aliphatic rings. The lowest BCUT2D eigenvalue weighted by Crippen LogP contribution is -2.07. The number of fused-ring (bicyclic) bond motifs is 3. The van der Waals surface area contributed by atoms with Gasteiger partial charge in [0.05, 0.1) is 11.2 Å². The summed E-state index contributed by atoms with van der Waals surface area (Å²) in [4.78, 5) is 0. The Morgan fingerprint density at radius 1 is 1.06 bits per heavy atom. The van der Waals surface area contributed by atoms with Crippen molar-refractivity contribution < 1.29 is 4.39 Å². The van der Waals surface area contributed by atoms with E-state index >= 15 is 4.39 Å². The Labute approximate surface area is 194 Å². The molecule has 0 N–H and O–H groups in total. The Morgan fingerprint density at radius 3 is 2.61 bits per heavy atom. The maximum Gasteiger partial charge on any atom is 0.131 e. The fourth-order valence-corrected chi connectivity index (χ4v) is 5.52. The molecular formula is C31H28FN. The Balaban J connectivity index is 1.73. The summed E-state index contributed by atoms with van der Waals surface area (Å²) in [5, 5.41) is 3.48. The van der Waals surface area contributed by atoms with E-state index in [1.807, 2.05) is 12.1 Å². The standard InChI is InChI=1S/C31H28FN/c1-20-18-26(20)21(2)31-30(25-14-8-9-15-27(25)32)29-24-13-7-6-12-23(24)16-17-28(29)33(31)19-22-10-4-3-5-11-22/h3-4,6-10,12-17,20,26H,2,5,11,18-19H2,1H3. The summed E-state index contributed by atoms with van der Waals surface area (Å²) in [5.41, 5.74) is 6.48. The number of halogens is 1. The van der Waals surface area contributed by atoms with Crippen molar-refractivity contribution in [2.75, 3.05) is 0 Å². The third-order valence-corrected chi connectivity index (χ3v) is 7.42. The molecule has 3 aromatic carbocycles. The van der Waals surface area contributed by atoms with Crippen molar-refractivity contribution in [3.63, 3.8) is 0 Å². The molecular weight excluding hydrogens is 405 g/mol. The number of rotatable bonds is 5. The Morgan fingerprint density at radius 2 is 1.85 bits per heavy atom. The lowest BCUT2D eigenvalue weighted by molar-refractivity contribution is 0.631. The summed E-state index contributed by atoms with van der Waals surface area (Å²) in [7, 11) is 0. The molecule has 0 spiro atoms. The molecule has 2 aliphatic carbocycles. The van der Waals surface area contributed by atoms with Gasteiger partial charge < -0.3 is 4.57 Å². The van der Waals surface area contributed by atoms with Crippen LogP contribution < -0.4 is 0 Å². The van der Waals surface area contributed by atoms with Gasteiger partial charge >= 0.3 is 0 Å². The third-order valence-electron chi connectivity index (χ3n) is 7.42. The molecule has 1 fully saturated rings. The SMILES string of the molecule is C=C(c1c(-c2ccccc2F)c2c3ccccc3ccc2n1CC1=CC=CCC1)C1CC1C. The van der Waals surface area contributed by atoms with Crippen LogP contribution >= 0.6 is 0 Å². The van der Waals surface area contributed by atoms with E-state index < -0.39 is 0 Å². The first kappa shape index (κ1) is 20.2. The van der Waals surface area contributed by atoms with Crippen molar-refractivity contribution in [3.05, 3.63) is 103 Å². The molecule has 1 aromatic heterocycles. The lowest BCUT2D eigenvalue weighted by atomic mass is 9.94.